The van der Waals surface area contributed by atoms with E-state index in [0.29, 0.717) is 5.65 Å². The monoisotopic (exact) mass is 506 g/mol. The number of aromatic amines is 2. The Kier molecular flexibility index (Phi) is 6.10. The molecule has 38 heavy (non-hydrogen) atoms. The Morgan fingerprint density at radius 3 is 2.63 bits per heavy atom. The highest BCUT2D eigenvalue weighted by Gasteiger charge is 2.18. The largest absolute Gasteiger partial charge is 0.371 e. The summed E-state index contributed by atoms with van der Waals surface area (Å²) >= 11 is 0. The summed E-state index contributed by atoms with van der Waals surface area (Å²) < 4.78 is 0. The van der Waals surface area contributed by atoms with E-state index in [1.807, 2.05) is 24.8 Å². The third-order valence-electron chi connectivity index (χ3n) is 7.02. The summed E-state index contributed by atoms with van der Waals surface area (Å²) in [5.74, 6) is 0. The first-order chi connectivity index (χ1) is 18.3. The fraction of sp³-hybridized carbons (Fsp3) is 0.333. The Morgan fingerprint density at radius 1 is 1.00 bits per heavy atom. The summed E-state index contributed by atoms with van der Waals surface area (Å²) in [6.07, 6.45) is 12.1. The molecule has 0 unspecified atom stereocenters. The van der Waals surface area contributed by atoms with Crippen LogP contribution in [0, 0.1) is 5.41 Å². The number of hydrogen-bond donors (Lipinski definition) is 3. The van der Waals surface area contributed by atoms with E-state index in [2.05, 4.69) is 92.0 Å². The first-order valence-corrected chi connectivity index (χ1v) is 13.3. The molecule has 1 fully saturated rings. The number of aromatic nitrogens is 6. The molecule has 8 heteroatoms. The van der Waals surface area contributed by atoms with Crippen LogP contribution < -0.4 is 10.2 Å². The number of piperidine rings is 1. The Bertz CT molecular complexity index is 1610. The lowest BCUT2D eigenvalue weighted by atomic mass is 9.91. The quantitative estimate of drug-likeness (QED) is 0.231. The normalized spacial score (nSPS) is 14.3. The van der Waals surface area contributed by atoms with E-state index in [0.717, 1.165) is 69.8 Å². The minimum absolute atomic E-state index is 0.161. The lowest BCUT2D eigenvalue weighted by molar-refractivity contribution is 0.411. The average molecular weight is 507 g/mol. The van der Waals surface area contributed by atoms with Crippen molar-refractivity contribution in [3.63, 3.8) is 0 Å². The highest BCUT2D eigenvalue weighted by atomic mass is 15.2. The van der Waals surface area contributed by atoms with E-state index in [1.54, 1.807) is 0 Å². The molecule has 0 saturated carbocycles. The molecule has 0 radical (unpaired) electrons. The predicted octanol–water partition coefficient (Wildman–Crippen LogP) is 6.92. The fourth-order valence-corrected chi connectivity index (χ4v) is 5.38. The molecule has 5 aromatic heterocycles. The summed E-state index contributed by atoms with van der Waals surface area (Å²) in [5.41, 5.74) is 8.64. The van der Waals surface area contributed by atoms with Crippen molar-refractivity contribution in [2.45, 2.75) is 46.5 Å². The van der Waals surface area contributed by atoms with Crippen LogP contribution in [0.3, 0.4) is 0 Å². The molecule has 0 bridgehead atoms. The summed E-state index contributed by atoms with van der Waals surface area (Å²) in [5, 5.41) is 13.2. The Balaban J connectivity index is 1.33. The Labute approximate surface area is 222 Å². The molecule has 0 atom stereocenters. The van der Waals surface area contributed by atoms with Crippen molar-refractivity contribution < 1.29 is 0 Å². The molecule has 1 aliphatic heterocycles. The van der Waals surface area contributed by atoms with Gasteiger partial charge >= 0.3 is 0 Å². The molecule has 1 saturated heterocycles. The van der Waals surface area contributed by atoms with Gasteiger partial charge in [0.25, 0.3) is 0 Å². The van der Waals surface area contributed by atoms with Gasteiger partial charge in [-0.2, -0.15) is 5.10 Å². The predicted molar refractivity (Wildman–Crippen MR) is 155 cm³/mol. The van der Waals surface area contributed by atoms with Gasteiger partial charge < -0.3 is 15.2 Å². The van der Waals surface area contributed by atoms with Crippen LogP contribution in [-0.4, -0.2) is 43.2 Å². The van der Waals surface area contributed by atoms with Gasteiger partial charge in [0, 0.05) is 65.0 Å². The first kappa shape index (κ1) is 24.2. The van der Waals surface area contributed by atoms with Crippen molar-refractivity contribution in [2.75, 3.05) is 23.3 Å². The summed E-state index contributed by atoms with van der Waals surface area (Å²) in [4.78, 5) is 19.7. The van der Waals surface area contributed by atoms with Gasteiger partial charge in [0.2, 0.25) is 0 Å². The Morgan fingerprint density at radius 2 is 1.82 bits per heavy atom. The number of fused-ring (bicyclic) bond motifs is 2. The van der Waals surface area contributed by atoms with Gasteiger partial charge in [-0.05, 0) is 55.4 Å². The maximum absolute atomic E-state index is 4.64. The second kappa shape index (κ2) is 9.59. The van der Waals surface area contributed by atoms with Gasteiger partial charge in [0.1, 0.15) is 5.65 Å². The molecule has 0 spiro atoms. The number of nitrogens with zero attached hydrogens (tertiary/aromatic N) is 5. The topological polar surface area (TPSA) is 98.4 Å². The number of hydrogen-bond acceptors (Lipinski definition) is 6. The molecular weight excluding hydrogens is 472 g/mol. The zero-order valence-electron chi connectivity index (χ0n) is 22.3. The minimum Gasteiger partial charge on any atom is -0.371 e. The lowest BCUT2D eigenvalue weighted by Crippen LogP contribution is -2.29. The van der Waals surface area contributed by atoms with Gasteiger partial charge in [-0.1, -0.05) is 27.4 Å². The molecule has 6 heterocycles. The van der Waals surface area contributed by atoms with Crippen molar-refractivity contribution in [3.8, 4) is 22.5 Å². The van der Waals surface area contributed by atoms with Gasteiger partial charge in [0.05, 0.1) is 23.3 Å². The number of rotatable bonds is 6. The molecule has 1 aliphatic rings. The number of anilines is 2. The molecule has 0 aromatic carbocycles. The van der Waals surface area contributed by atoms with Gasteiger partial charge in [0.15, 0.2) is 5.65 Å². The minimum atomic E-state index is 0.161. The summed E-state index contributed by atoms with van der Waals surface area (Å²) in [6, 6.07) is 8.51. The van der Waals surface area contributed by atoms with Crippen LogP contribution in [-0.2, 0) is 0 Å². The highest BCUT2D eigenvalue weighted by molar-refractivity contribution is 5.98. The maximum atomic E-state index is 4.64. The summed E-state index contributed by atoms with van der Waals surface area (Å²) in [6.45, 7) is 13.0. The van der Waals surface area contributed by atoms with Crippen molar-refractivity contribution in [1.29, 1.82) is 0 Å². The van der Waals surface area contributed by atoms with E-state index in [-0.39, 0.29) is 5.41 Å². The van der Waals surface area contributed by atoms with Gasteiger partial charge in [-0.25, -0.2) is 9.97 Å². The van der Waals surface area contributed by atoms with Gasteiger partial charge in [-0.3, -0.25) is 10.1 Å². The van der Waals surface area contributed by atoms with E-state index in [4.69, 9.17) is 0 Å². The molecule has 6 rings (SSSR count). The fourth-order valence-electron chi connectivity index (χ4n) is 5.38. The highest BCUT2D eigenvalue weighted by Crippen LogP contribution is 2.34. The molecule has 0 amide bonds. The number of pyridine rings is 3. The standard InChI is InChI=1S/C30H34N8/c1-19(15-30(2,3)4)34-22-12-20(16-31-18-22)21-13-24-27(36-37-29(24)33-17-21)25-14-23-26(8-9-32-28(23)35-25)38-10-6-5-7-11-38/h8-9,12-14,16-18,34H,1,5-7,10-11,15H2,2-4H3,(H,32,35)(H,33,36,37). The molecule has 8 nitrogen and oxygen atoms in total. The van der Waals surface area contributed by atoms with Crippen LogP contribution in [0.15, 0.2) is 61.3 Å². The average Bonchev–Trinajstić information content (AvgIpc) is 3.51. The third kappa shape index (κ3) is 4.86. The van der Waals surface area contributed by atoms with E-state index < -0.39 is 0 Å². The zero-order valence-corrected chi connectivity index (χ0v) is 22.3. The second-order valence-electron chi connectivity index (χ2n) is 11.4. The van der Waals surface area contributed by atoms with Crippen molar-refractivity contribution in [3.05, 3.63) is 61.3 Å². The zero-order chi connectivity index (χ0) is 26.3. The molecular formula is C30H34N8. The van der Waals surface area contributed by atoms with Crippen molar-refractivity contribution in [2.24, 2.45) is 5.41 Å². The molecule has 3 N–H and O–H groups in total. The van der Waals surface area contributed by atoms with Crippen molar-refractivity contribution >= 4 is 33.4 Å². The lowest BCUT2D eigenvalue weighted by Gasteiger charge is -2.29. The van der Waals surface area contributed by atoms with Crippen LogP contribution in [0.5, 0.6) is 0 Å². The third-order valence-corrected chi connectivity index (χ3v) is 7.02. The first-order valence-electron chi connectivity index (χ1n) is 13.3. The molecule has 0 aliphatic carbocycles. The van der Waals surface area contributed by atoms with Crippen LogP contribution in [0.1, 0.15) is 46.5 Å². The van der Waals surface area contributed by atoms with E-state index in [9.17, 15) is 0 Å². The second-order valence-corrected chi connectivity index (χ2v) is 11.4. The molecule has 5 aromatic rings. The number of nitrogens with one attached hydrogen (secondary N) is 3. The maximum Gasteiger partial charge on any atom is 0.181 e. The van der Waals surface area contributed by atoms with Crippen LogP contribution >= 0.6 is 0 Å². The van der Waals surface area contributed by atoms with E-state index in [1.165, 1.54) is 24.9 Å². The van der Waals surface area contributed by atoms with Crippen LogP contribution in [0.2, 0.25) is 0 Å². The van der Waals surface area contributed by atoms with E-state index >= 15 is 0 Å². The summed E-state index contributed by atoms with van der Waals surface area (Å²) in [7, 11) is 0. The SMILES string of the molecule is C=C(CC(C)(C)C)Nc1cncc(-c2cnc3n[nH]c(-c4cc5c(N6CCCCC6)ccnc5[nH]4)c3c2)c1. The van der Waals surface area contributed by atoms with Crippen molar-refractivity contribution in [1.82, 2.24) is 30.1 Å². The van der Waals surface area contributed by atoms with Crippen LogP contribution in [0.4, 0.5) is 11.4 Å². The number of allylic oxidation sites excluding steroid dienone is 1. The van der Waals surface area contributed by atoms with Crippen LogP contribution in [0.25, 0.3) is 44.6 Å². The Hall–Kier alpha value is -4.20. The molecule has 194 valence electrons. The number of H-pyrrole nitrogens is 2. The smallest absolute Gasteiger partial charge is 0.181 e. The van der Waals surface area contributed by atoms with Gasteiger partial charge in [-0.15, -0.1) is 0 Å².